The van der Waals surface area contributed by atoms with Crippen molar-refractivity contribution in [1.29, 1.82) is 0 Å². The average molecular weight is 464 g/mol. The molecule has 1 atom stereocenters. The number of amides is 1. The molecule has 6 nitrogen and oxygen atoms in total. The summed E-state index contributed by atoms with van der Waals surface area (Å²) in [6.45, 7) is 3.97. The monoisotopic (exact) mass is 463 g/mol. The molecule has 2 aromatic carbocycles. The Kier molecular flexibility index (Phi) is 6.24. The van der Waals surface area contributed by atoms with Crippen molar-refractivity contribution in [3.63, 3.8) is 0 Å². The summed E-state index contributed by atoms with van der Waals surface area (Å²) in [5, 5.41) is 13.1. The Morgan fingerprint density at radius 1 is 1.03 bits per heavy atom. The van der Waals surface area contributed by atoms with Crippen LogP contribution in [0.4, 0.5) is 5.69 Å². The third-order valence-electron chi connectivity index (χ3n) is 5.84. The molecule has 1 saturated heterocycles. The number of thiophene rings is 1. The summed E-state index contributed by atoms with van der Waals surface area (Å²) in [6, 6.07) is 13.6. The number of carbonyl (C=O) groups is 2. The number of benzene rings is 2. The van der Waals surface area contributed by atoms with E-state index in [0.29, 0.717) is 22.7 Å². The van der Waals surface area contributed by atoms with Crippen molar-refractivity contribution in [2.75, 3.05) is 19.1 Å². The van der Waals surface area contributed by atoms with Crippen LogP contribution in [0, 0.1) is 6.92 Å². The van der Waals surface area contributed by atoms with Crippen molar-refractivity contribution < 1.29 is 24.2 Å². The number of anilines is 1. The third-order valence-corrected chi connectivity index (χ3v) is 6.92. The van der Waals surface area contributed by atoms with E-state index in [1.807, 2.05) is 37.4 Å². The standard InChI is InChI=1S/C26H25NO5S/c1-5-16-6-8-17(9-7-16)23(28)21-22(25-15(2)10-11-33-25)27(26(30)24(21)29)18-12-19(31-3)14-20(13-18)32-4/h6-14,22,28H,5H2,1-4H3/b23-21-. The van der Waals surface area contributed by atoms with Crippen LogP contribution >= 0.6 is 11.3 Å². The first-order chi connectivity index (χ1) is 15.9. The molecule has 1 amide bonds. The van der Waals surface area contributed by atoms with Gasteiger partial charge in [0.15, 0.2) is 0 Å². The maximum atomic E-state index is 13.3. The Bertz CT molecular complexity index is 1220. The van der Waals surface area contributed by atoms with Crippen LogP contribution in [0.25, 0.3) is 5.76 Å². The smallest absolute Gasteiger partial charge is 0.300 e. The number of nitrogens with zero attached hydrogens (tertiary/aromatic N) is 1. The Labute approximate surface area is 196 Å². The molecule has 1 aliphatic heterocycles. The van der Waals surface area contributed by atoms with Gasteiger partial charge >= 0.3 is 0 Å². The molecule has 0 bridgehead atoms. The number of aliphatic hydroxyl groups excluding tert-OH is 1. The molecular formula is C26H25NO5S. The zero-order valence-electron chi connectivity index (χ0n) is 18.9. The van der Waals surface area contributed by atoms with Gasteiger partial charge in [0.2, 0.25) is 0 Å². The van der Waals surface area contributed by atoms with Gasteiger partial charge in [0.25, 0.3) is 11.7 Å². The largest absolute Gasteiger partial charge is 0.507 e. The van der Waals surface area contributed by atoms with Gasteiger partial charge in [0, 0.05) is 28.6 Å². The molecule has 0 aliphatic carbocycles. The van der Waals surface area contributed by atoms with E-state index in [-0.39, 0.29) is 11.3 Å². The first-order valence-corrected chi connectivity index (χ1v) is 11.4. The van der Waals surface area contributed by atoms with Crippen molar-refractivity contribution in [2.45, 2.75) is 26.3 Å². The first kappa shape index (κ1) is 22.6. The maximum Gasteiger partial charge on any atom is 0.300 e. The van der Waals surface area contributed by atoms with E-state index < -0.39 is 17.7 Å². The van der Waals surface area contributed by atoms with E-state index >= 15 is 0 Å². The van der Waals surface area contributed by atoms with E-state index in [1.165, 1.54) is 30.5 Å². The number of ketones is 1. The molecule has 4 rings (SSSR count). The molecule has 0 spiro atoms. The number of rotatable bonds is 6. The Balaban J connectivity index is 1.94. The van der Waals surface area contributed by atoms with Gasteiger partial charge in [-0.05, 0) is 35.9 Å². The minimum Gasteiger partial charge on any atom is -0.507 e. The zero-order valence-corrected chi connectivity index (χ0v) is 19.7. The van der Waals surface area contributed by atoms with Gasteiger partial charge in [0.05, 0.1) is 25.5 Å². The summed E-state index contributed by atoms with van der Waals surface area (Å²) in [4.78, 5) is 28.8. The normalized spacial score (nSPS) is 17.5. The number of methoxy groups -OCH3 is 2. The van der Waals surface area contributed by atoms with Gasteiger partial charge in [-0.3, -0.25) is 14.5 Å². The topological polar surface area (TPSA) is 76.1 Å². The summed E-state index contributed by atoms with van der Waals surface area (Å²) in [5.74, 6) is -0.654. The van der Waals surface area contributed by atoms with Crippen LogP contribution in [0.1, 0.15) is 34.5 Å². The zero-order chi connectivity index (χ0) is 23.7. The molecule has 2 heterocycles. The lowest BCUT2D eigenvalue weighted by Crippen LogP contribution is -2.29. The second kappa shape index (κ2) is 9.11. The number of carbonyl (C=O) groups excluding carboxylic acids is 2. The minimum absolute atomic E-state index is 0.0663. The van der Waals surface area contributed by atoms with Crippen molar-refractivity contribution >= 4 is 34.5 Å². The number of Topliss-reactive ketones (excluding diaryl/α,β-unsaturated/α-hetero) is 1. The fourth-order valence-electron chi connectivity index (χ4n) is 4.00. The molecule has 33 heavy (non-hydrogen) atoms. The fraction of sp³-hybridized carbons (Fsp3) is 0.231. The molecular weight excluding hydrogens is 438 g/mol. The van der Waals surface area contributed by atoms with Crippen LogP contribution in [0.3, 0.4) is 0 Å². The highest BCUT2D eigenvalue weighted by Crippen LogP contribution is 2.46. The highest BCUT2D eigenvalue weighted by molar-refractivity contribution is 7.10. The van der Waals surface area contributed by atoms with Gasteiger partial charge in [-0.2, -0.15) is 0 Å². The summed E-state index contributed by atoms with van der Waals surface area (Å²) in [7, 11) is 3.04. The van der Waals surface area contributed by atoms with Gasteiger partial charge in [-0.1, -0.05) is 31.2 Å². The van der Waals surface area contributed by atoms with Gasteiger partial charge in [-0.15, -0.1) is 11.3 Å². The number of hydrogen-bond acceptors (Lipinski definition) is 6. The molecule has 170 valence electrons. The van der Waals surface area contributed by atoms with E-state index in [1.54, 1.807) is 30.3 Å². The number of aryl methyl sites for hydroxylation is 2. The molecule has 1 aromatic heterocycles. The summed E-state index contributed by atoms with van der Waals surface area (Å²) < 4.78 is 10.7. The number of hydrogen-bond donors (Lipinski definition) is 1. The van der Waals surface area contributed by atoms with Crippen LogP contribution in [0.5, 0.6) is 11.5 Å². The van der Waals surface area contributed by atoms with E-state index in [2.05, 4.69) is 0 Å². The lowest BCUT2D eigenvalue weighted by Gasteiger charge is -2.25. The lowest BCUT2D eigenvalue weighted by molar-refractivity contribution is -0.132. The average Bonchev–Trinajstić information content (AvgIpc) is 3.38. The maximum absolute atomic E-state index is 13.3. The van der Waals surface area contributed by atoms with Gasteiger partial charge in [0.1, 0.15) is 23.3 Å². The Morgan fingerprint density at radius 2 is 1.67 bits per heavy atom. The first-order valence-electron chi connectivity index (χ1n) is 10.6. The van der Waals surface area contributed by atoms with Crippen molar-refractivity contribution in [3.8, 4) is 11.5 Å². The molecule has 3 aromatic rings. The number of aliphatic hydroxyl groups is 1. The summed E-state index contributed by atoms with van der Waals surface area (Å²) in [5.41, 5.74) is 3.05. The van der Waals surface area contributed by atoms with Crippen LogP contribution < -0.4 is 14.4 Å². The minimum atomic E-state index is -0.771. The Morgan fingerprint density at radius 3 is 2.18 bits per heavy atom. The molecule has 1 unspecified atom stereocenters. The molecule has 1 aliphatic rings. The van der Waals surface area contributed by atoms with Gasteiger partial charge < -0.3 is 14.6 Å². The molecule has 7 heteroatoms. The predicted octanol–water partition coefficient (Wildman–Crippen LogP) is 5.26. The third kappa shape index (κ3) is 4.00. The second-order valence-electron chi connectivity index (χ2n) is 7.76. The van der Waals surface area contributed by atoms with Crippen LogP contribution in [0.15, 0.2) is 59.5 Å². The SMILES string of the molecule is CCc1ccc(/C(O)=C2/C(=O)C(=O)N(c3cc(OC)cc(OC)c3)C2c2sccc2C)cc1. The molecule has 1 N–H and O–H groups in total. The Hall–Kier alpha value is -3.58. The van der Waals surface area contributed by atoms with E-state index in [0.717, 1.165) is 22.4 Å². The van der Waals surface area contributed by atoms with Crippen molar-refractivity contribution in [2.24, 2.45) is 0 Å². The molecule has 0 radical (unpaired) electrons. The highest BCUT2D eigenvalue weighted by Gasteiger charge is 2.48. The molecule has 1 fully saturated rings. The summed E-state index contributed by atoms with van der Waals surface area (Å²) >= 11 is 1.44. The highest BCUT2D eigenvalue weighted by atomic mass is 32.1. The predicted molar refractivity (Wildman–Crippen MR) is 129 cm³/mol. The van der Waals surface area contributed by atoms with E-state index in [9.17, 15) is 14.7 Å². The van der Waals surface area contributed by atoms with E-state index in [4.69, 9.17) is 9.47 Å². The van der Waals surface area contributed by atoms with Crippen molar-refractivity contribution in [1.82, 2.24) is 0 Å². The summed E-state index contributed by atoms with van der Waals surface area (Å²) in [6.07, 6.45) is 0.859. The van der Waals surface area contributed by atoms with Gasteiger partial charge in [-0.25, -0.2) is 0 Å². The second-order valence-corrected chi connectivity index (χ2v) is 8.71. The number of ether oxygens (including phenoxy) is 2. The molecule has 0 saturated carbocycles. The fourth-order valence-corrected chi connectivity index (χ4v) is 5.02. The van der Waals surface area contributed by atoms with Crippen LogP contribution in [0.2, 0.25) is 0 Å². The quantitative estimate of drug-likeness (QED) is 0.306. The van der Waals surface area contributed by atoms with Crippen LogP contribution in [-0.2, 0) is 16.0 Å². The van der Waals surface area contributed by atoms with Crippen LogP contribution in [-0.4, -0.2) is 31.0 Å². The lowest BCUT2D eigenvalue weighted by atomic mass is 9.97. The van der Waals surface area contributed by atoms with Crippen molar-refractivity contribution in [3.05, 3.63) is 81.1 Å².